The van der Waals surface area contributed by atoms with E-state index in [9.17, 15) is 22.8 Å². The van der Waals surface area contributed by atoms with Gasteiger partial charge in [-0.05, 0) is 37.6 Å². The lowest BCUT2D eigenvalue weighted by Gasteiger charge is -2.29. The molecule has 0 saturated heterocycles. The van der Waals surface area contributed by atoms with Gasteiger partial charge in [0.05, 0.1) is 30.2 Å². The van der Waals surface area contributed by atoms with E-state index in [0.717, 1.165) is 17.2 Å². The summed E-state index contributed by atoms with van der Waals surface area (Å²) in [7, 11) is 0. The predicted octanol–water partition coefficient (Wildman–Crippen LogP) is 3.03. The third-order valence-electron chi connectivity index (χ3n) is 4.30. The second kappa shape index (κ2) is 7.26. The highest BCUT2D eigenvalue weighted by Gasteiger charge is 2.28. The van der Waals surface area contributed by atoms with Gasteiger partial charge in [0.25, 0.3) is 0 Å². The fraction of sp³-hybridized carbons (Fsp3) is 0.278. The summed E-state index contributed by atoms with van der Waals surface area (Å²) in [6.07, 6.45) is 1.07. The lowest BCUT2D eigenvalue weighted by Crippen LogP contribution is -2.45. The van der Waals surface area contributed by atoms with E-state index in [0.29, 0.717) is 11.3 Å². The molecule has 3 rings (SSSR count). The topological polar surface area (TPSA) is 74.3 Å². The molecule has 1 aromatic heterocycles. The van der Waals surface area contributed by atoms with Crippen LogP contribution in [0.3, 0.4) is 0 Å². The fourth-order valence-corrected chi connectivity index (χ4v) is 2.78. The Labute approximate surface area is 153 Å². The molecule has 2 heterocycles. The Hall–Kier alpha value is -3.10. The Kier molecular flexibility index (Phi) is 5.02. The van der Waals surface area contributed by atoms with Crippen molar-refractivity contribution in [3.63, 3.8) is 0 Å². The molecule has 1 aliphatic heterocycles. The van der Waals surface area contributed by atoms with Crippen LogP contribution < -0.4 is 10.6 Å². The van der Waals surface area contributed by atoms with Gasteiger partial charge in [-0.2, -0.15) is 0 Å². The molecule has 3 amide bonds. The first kappa shape index (κ1) is 18.7. The predicted molar refractivity (Wildman–Crippen MR) is 91.3 cm³/mol. The minimum Gasteiger partial charge on any atom is -0.346 e. The van der Waals surface area contributed by atoms with Crippen molar-refractivity contribution in [2.75, 3.05) is 11.9 Å². The van der Waals surface area contributed by atoms with E-state index in [1.54, 1.807) is 13.8 Å². The van der Waals surface area contributed by atoms with E-state index in [4.69, 9.17) is 0 Å². The maximum absolute atomic E-state index is 13.9. The lowest BCUT2D eigenvalue weighted by molar-refractivity contribution is -0.122. The van der Waals surface area contributed by atoms with Crippen LogP contribution in [0.15, 0.2) is 24.4 Å². The van der Waals surface area contributed by atoms with E-state index < -0.39 is 35.4 Å². The molecular weight excluding hydrogens is 361 g/mol. The number of hydrogen-bond donors (Lipinski definition) is 2. The summed E-state index contributed by atoms with van der Waals surface area (Å²) >= 11 is 0. The highest BCUT2D eigenvalue weighted by molar-refractivity contribution is 5.94. The Bertz CT molecular complexity index is 920. The van der Waals surface area contributed by atoms with Crippen LogP contribution in [-0.2, 0) is 11.3 Å². The van der Waals surface area contributed by atoms with Crippen molar-refractivity contribution >= 4 is 17.6 Å². The molecule has 9 heteroatoms. The zero-order chi connectivity index (χ0) is 19.7. The molecule has 0 bridgehead atoms. The standard InChI is InChI=1S/C18H17F3N4O2/c1-9-5-15(22-6-13(9)20)10(2)23-16(26)8-25-7-11-14(24-18(25)27)4-3-12(19)17(11)21/h3-6,10H,7-8H2,1-2H3,(H,23,26)(H,24,27)/t10-/m1/s1. The zero-order valence-electron chi connectivity index (χ0n) is 14.6. The average molecular weight is 378 g/mol. The number of anilines is 1. The van der Waals surface area contributed by atoms with Crippen LogP contribution in [0.4, 0.5) is 23.7 Å². The zero-order valence-corrected chi connectivity index (χ0v) is 14.6. The number of hydrogen-bond acceptors (Lipinski definition) is 3. The van der Waals surface area contributed by atoms with Gasteiger partial charge in [-0.1, -0.05) is 0 Å². The summed E-state index contributed by atoms with van der Waals surface area (Å²) in [5.41, 5.74) is 1.01. The van der Waals surface area contributed by atoms with Crippen LogP contribution in [0.2, 0.25) is 0 Å². The van der Waals surface area contributed by atoms with Crippen molar-refractivity contribution in [3.05, 3.63) is 58.7 Å². The second-order valence-electron chi connectivity index (χ2n) is 6.32. The summed E-state index contributed by atoms with van der Waals surface area (Å²) in [6.45, 7) is 2.66. The van der Waals surface area contributed by atoms with Crippen molar-refractivity contribution < 1.29 is 22.8 Å². The molecule has 1 aromatic carbocycles. The molecule has 0 aliphatic carbocycles. The molecule has 2 aromatic rings. The summed E-state index contributed by atoms with van der Waals surface area (Å²) in [5.74, 6) is -3.05. The van der Waals surface area contributed by atoms with Crippen molar-refractivity contribution in [3.8, 4) is 0 Å². The summed E-state index contributed by atoms with van der Waals surface area (Å²) in [4.78, 5) is 29.3. The second-order valence-corrected chi connectivity index (χ2v) is 6.32. The highest BCUT2D eigenvalue weighted by atomic mass is 19.2. The molecule has 2 N–H and O–H groups in total. The number of carbonyl (C=O) groups is 2. The molecule has 6 nitrogen and oxygen atoms in total. The van der Waals surface area contributed by atoms with Gasteiger partial charge >= 0.3 is 6.03 Å². The minimum absolute atomic E-state index is 0.0220. The molecule has 0 radical (unpaired) electrons. The van der Waals surface area contributed by atoms with E-state index in [1.165, 1.54) is 12.1 Å². The van der Waals surface area contributed by atoms with Gasteiger partial charge in [0.2, 0.25) is 5.91 Å². The smallest absolute Gasteiger partial charge is 0.322 e. The van der Waals surface area contributed by atoms with E-state index in [1.807, 2.05) is 0 Å². The van der Waals surface area contributed by atoms with Crippen LogP contribution in [0.5, 0.6) is 0 Å². The lowest BCUT2D eigenvalue weighted by atomic mass is 10.1. The van der Waals surface area contributed by atoms with Crippen molar-refractivity contribution in [1.29, 1.82) is 0 Å². The number of benzene rings is 1. The summed E-state index contributed by atoms with van der Waals surface area (Å²) in [5, 5.41) is 5.08. The molecule has 0 saturated carbocycles. The fourth-order valence-electron chi connectivity index (χ4n) is 2.78. The van der Waals surface area contributed by atoms with E-state index >= 15 is 0 Å². The molecule has 1 aliphatic rings. The first-order valence-corrected chi connectivity index (χ1v) is 8.20. The quantitative estimate of drug-likeness (QED) is 0.859. The van der Waals surface area contributed by atoms with Gasteiger partial charge in [-0.25, -0.2) is 18.0 Å². The number of nitrogens with one attached hydrogen (secondary N) is 2. The van der Waals surface area contributed by atoms with Gasteiger partial charge in [-0.15, -0.1) is 0 Å². The summed E-state index contributed by atoms with van der Waals surface area (Å²) in [6, 6.07) is 2.60. The van der Waals surface area contributed by atoms with Crippen molar-refractivity contribution in [1.82, 2.24) is 15.2 Å². The number of fused-ring (bicyclic) bond motifs is 1. The van der Waals surface area contributed by atoms with Crippen LogP contribution in [-0.4, -0.2) is 28.4 Å². The molecule has 27 heavy (non-hydrogen) atoms. The number of pyridine rings is 1. The van der Waals surface area contributed by atoms with Crippen LogP contribution in [0, 0.1) is 24.4 Å². The molecule has 0 unspecified atom stereocenters. The molecule has 0 spiro atoms. The number of aromatic nitrogens is 1. The largest absolute Gasteiger partial charge is 0.346 e. The first-order valence-electron chi connectivity index (χ1n) is 8.20. The van der Waals surface area contributed by atoms with Crippen LogP contribution in [0.1, 0.15) is 29.8 Å². The van der Waals surface area contributed by atoms with E-state index in [2.05, 4.69) is 15.6 Å². The maximum atomic E-state index is 13.9. The molecular formula is C18H17F3N4O2. The Morgan fingerprint density at radius 2 is 2.07 bits per heavy atom. The SMILES string of the molecule is Cc1cc([C@@H](C)NC(=O)CN2Cc3c(ccc(F)c3F)NC2=O)ncc1F. The first-order chi connectivity index (χ1) is 12.8. The third-order valence-corrected chi connectivity index (χ3v) is 4.30. The van der Waals surface area contributed by atoms with Crippen LogP contribution >= 0.6 is 0 Å². The average Bonchev–Trinajstić information content (AvgIpc) is 2.62. The highest BCUT2D eigenvalue weighted by Crippen LogP contribution is 2.27. The van der Waals surface area contributed by atoms with Gasteiger partial charge in [-0.3, -0.25) is 9.78 Å². The van der Waals surface area contributed by atoms with Gasteiger partial charge < -0.3 is 15.5 Å². The third kappa shape index (κ3) is 3.86. The number of urea groups is 1. The molecule has 0 fully saturated rings. The normalized spacial score (nSPS) is 14.4. The van der Waals surface area contributed by atoms with Crippen molar-refractivity contribution in [2.24, 2.45) is 0 Å². The monoisotopic (exact) mass is 378 g/mol. The van der Waals surface area contributed by atoms with Crippen LogP contribution in [0.25, 0.3) is 0 Å². The van der Waals surface area contributed by atoms with Crippen molar-refractivity contribution in [2.45, 2.75) is 26.4 Å². The Morgan fingerprint density at radius 3 is 2.78 bits per heavy atom. The number of aryl methyl sites for hydroxylation is 1. The number of nitrogens with zero attached hydrogens (tertiary/aromatic N) is 2. The van der Waals surface area contributed by atoms with Gasteiger partial charge in [0, 0.05) is 5.56 Å². The van der Waals surface area contributed by atoms with Gasteiger partial charge in [0.15, 0.2) is 11.6 Å². The molecule has 142 valence electrons. The Balaban J connectivity index is 1.67. The Morgan fingerprint density at radius 1 is 1.33 bits per heavy atom. The number of carbonyl (C=O) groups excluding carboxylic acids is 2. The number of rotatable bonds is 4. The minimum atomic E-state index is -1.06. The number of amides is 3. The summed E-state index contributed by atoms with van der Waals surface area (Å²) < 4.78 is 40.6. The van der Waals surface area contributed by atoms with Gasteiger partial charge in [0.1, 0.15) is 12.4 Å². The number of halogens is 3. The maximum Gasteiger partial charge on any atom is 0.322 e. The van der Waals surface area contributed by atoms with E-state index in [-0.39, 0.29) is 24.3 Å². The molecule has 1 atom stereocenters.